The Bertz CT molecular complexity index is 883. The van der Waals surface area contributed by atoms with Gasteiger partial charge in [-0.15, -0.1) is 0 Å². The summed E-state index contributed by atoms with van der Waals surface area (Å²) >= 11 is 0. The third kappa shape index (κ3) is 16.5. The van der Waals surface area contributed by atoms with E-state index in [1.54, 1.807) is 0 Å². The number of carbonyl (C=O) groups excluding carboxylic acids is 1. The van der Waals surface area contributed by atoms with Gasteiger partial charge in [0.2, 0.25) is 5.91 Å². The minimum absolute atomic E-state index is 0.215. The van der Waals surface area contributed by atoms with E-state index in [1.165, 1.54) is 57.8 Å². The van der Waals surface area contributed by atoms with Crippen LogP contribution in [0.3, 0.4) is 0 Å². The lowest BCUT2D eigenvalue weighted by molar-refractivity contribution is -0.359. The van der Waals surface area contributed by atoms with Crippen molar-refractivity contribution in [3.8, 4) is 0 Å². The molecule has 0 saturated carbocycles. The van der Waals surface area contributed by atoms with E-state index >= 15 is 0 Å². The summed E-state index contributed by atoms with van der Waals surface area (Å²) in [5, 5.41) is 86.0. The predicted molar refractivity (Wildman–Crippen MR) is 189 cm³/mol. The van der Waals surface area contributed by atoms with Crippen LogP contribution in [-0.4, -0.2) is 140 Å². The highest BCUT2D eigenvalue weighted by atomic mass is 16.7. The number of amides is 1. The Labute approximate surface area is 304 Å². The highest BCUT2D eigenvalue weighted by Gasteiger charge is 2.50. The standard InChI is InChI=1S/C37H71NO13/c1-3-5-7-9-11-13-15-17-19-21-29(42)38-25(26(41)20-18-16-14-12-10-8-6-4-2)24-48-36-34(47)32(45)35(28(23-40)50-36)51-37-33(46)31(44)30(43)27(22-39)49-37/h25-28,30-37,39-41,43-47H,3-24H2,1-2H3,(H,38,42). The van der Waals surface area contributed by atoms with Gasteiger partial charge in [-0.3, -0.25) is 4.79 Å². The van der Waals surface area contributed by atoms with Crippen LogP contribution < -0.4 is 5.32 Å². The van der Waals surface area contributed by atoms with E-state index in [0.29, 0.717) is 12.8 Å². The minimum atomic E-state index is -1.78. The van der Waals surface area contributed by atoms with Crippen LogP contribution >= 0.6 is 0 Å². The second-order valence-electron chi connectivity index (χ2n) is 14.4. The summed E-state index contributed by atoms with van der Waals surface area (Å²) in [5.41, 5.74) is 0. The number of carbonyl (C=O) groups is 1. The van der Waals surface area contributed by atoms with Gasteiger partial charge in [0.15, 0.2) is 12.6 Å². The second-order valence-corrected chi connectivity index (χ2v) is 14.4. The number of hydrogen-bond donors (Lipinski definition) is 9. The molecule has 0 aromatic heterocycles. The zero-order chi connectivity index (χ0) is 37.6. The Morgan fingerprint density at radius 3 is 1.67 bits per heavy atom. The van der Waals surface area contributed by atoms with Crippen LogP contribution in [0, 0.1) is 0 Å². The molecule has 14 nitrogen and oxygen atoms in total. The van der Waals surface area contributed by atoms with Crippen molar-refractivity contribution >= 4 is 5.91 Å². The van der Waals surface area contributed by atoms with Crippen molar-refractivity contribution in [1.29, 1.82) is 0 Å². The molecular formula is C37H71NO13. The van der Waals surface area contributed by atoms with Gasteiger partial charge in [0.05, 0.1) is 32.0 Å². The maximum Gasteiger partial charge on any atom is 0.220 e. The number of nitrogens with one attached hydrogen (secondary N) is 1. The molecule has 14 heteroatoms. The molecule has 0 radical (unpaired) electrons. The van der Waals surface area contributed by atoms with Gasteiger partial charge in [0.25, 0.3) is 0 Å². The highest BCUT2D eigenvalue weighted by Crippen LogP contribution is 2.30. The molecule has 12 unspecified atom stereocenters. The van der Waals surface area contributed by atoms with Crippen molar-refractivity contribution < 1.29 is 64.6 Å². The van der Waals surface area contributed by atoms with E-state index < -0.39 is 86.8 Å². The molecule has 2 aliphatic rings. The Balaban J connectivity index is 1.95. The molecule has 0 aliphatic carbocycles. The van der Waals surface area contributed by atoms with Gasteiger partial charge in [-0.05, 0) is 12.8 Å². The van der Waals surface area contributed by atoms with Crippen LogP contribution in [0.25, 0.3) is 0 Å². The summed E-state index contributed by atoms with van der Waals surface area (Å²) in [7, 11) is 0. The van der Waals surface area contributed by atoms with E-state index in [0.717, 1.165) is 51.4 Å². The van der Waals surface area contributed by atoms with Gasteiger partial charge in [0, 0.05) is 6.42 Å². The first-order valence-electron chi connectivity index (χ1n) is 19.8. The van der Waals surface area contributed by atoms with Crippen LogP contribution in [0.2, 0.25) is 0 Å². The summed E-state index contributed by atoms with van der Waals surface area (Å²) < 4.78 is 22.5. The lowest BCUT2D eigenvalue weighted by atomic mass is 9.97. The van der Waals surface area contributed by atoms with Crippen LogP contribution in [0.1, 0.15) is 136 Å². The number of ether oxygens (including phenoxy) is 4. The molecule has 0 aromatic carbocycles. The second kappa shape index (κ2) is 26.7. The van der Waals surface area contributed by atoms with Crippen molar-refractivity contribution in [3.05, 3.63) is 0 Å². The Hall–Kier alpha value is -1.01. The third-order valence-electron chi connectivity index (χ3n) is 10.1. The van der Waals surface area contributed by atoms with Crippen LogP contribution in [-0.2, 0) is 23.7 Å². The average Bonchev–Trinajstić information content (AvgIpc) is 3.12. The molecule has 9 N–H and O–H groups in total. The molecule has 2 rings (SSSR count). The van der Waals surface area contributed by atoms with Crippen LogP contribution in [0.15, 0.2) is 0 Å². The first kappa shape index (κ1) is 46.1. The lowest BCUT2D eigenvalue weighted by Crippen LogP contribution is -2.65. The molecule has 0 aromatic rings. The first-order valence-corrected chi connectivity index (χ1v) is 19.8. The molecule has 0 spiro atoms. The van der Waals surface area contributed by atoms with Crippen LogP contribution in [0.5, 0.6) is 0 Å². The monoisotopic (exact) mass is 737 g/mol. The maximum atomic E-state index is 12.9. The molecule has 12 atom stereocenters. The minimum Gasteiger partial charge on any atom is -0.394 e. The molecule has 2 saturated heterocycles. The molecule has 2 heterocycles. The number of aliphatic hydroxyl groups is 8. The quantitative estimate of drug-likeness (QED) is 0.0524. The van der Waals surface area contributed by atoms with Crippen molar-refractivity contribution in [2.45, 2.75) is 209 Å². The van der Waals surface area contributed by atoms with Crippen molar-refractivity contribution in [1.82, 2.24) is 5.32 Å². The highest BCUT2D eigenvalue weighted by molar-refractivity contribution is 5.76. The smallest absolute Gasteiger partial charge is 0.220 e. The number of rotatable bonds is 28. The fraction of sp³-hybridized carbons (Fsp3) is 0.973. The molecule has 302 valence electrons. The van der Waals surface area contributed by atoms with E-state index in [1.807, 2.05) is 0 Å². The summed E-state index contributed by atoms with van der Waals surface area (Å²) in [6.07, 6.45) is 2.97. The third-order valence-corrected chi connectivity index (χ3v) is 10.1. The zero-order valence-corrected chi connectivity index (χ0v) is 31.1. The van der Waals surface area contributed by atoms with E-state index in [2.05, 4.69) is 19.2 Å². The average molecular weight is 738 g/mol. The van der Waals surface area contributed by atoms with Gasteiger partial charge in [-0.25, -0.2) is 0 Å². The van der Waals surface area contributed by atoms with E-state index in [-0.39, 0.29) is 12.5 Å². The van der Waals surface area contributed by atoms with Crippen molar-refractivity contribution in [2.24, 2.45) is 0 Å². The zero-order valence-electron chi connectivity index (χ0n) is 31.1. The summed E-state index contributed by atoms with van der Waals surface area (Å²) in [6.45, 7) is 2.74. The number of aliphatic hydroxyl groups excluding tert-OH is 8. The number of unbranched alkanes of at least 4 members (excludes halogenated alkanes) is 15. The van der Waals surface area contributed by atoms with Gasteiger partial charge < -0.3 is 65.1 Å². The molecular weight excluding hydrogens is 666 g/mol. The molecule has 1 amide bonds. The molecule has 0 bridgehead atoms. The predicted octanol–water partition coefficient (Wildman–Crippen LogP) is 1.92. The van der Waals surface area contributed by atoms with E-state index in [9.17, 15) is 45.6 Å². The fourth-order valence-corrected chi connectivity index (χ4v) is 6.70. The SMILES string of the molecule is CCCCCCCCCCCC(=O)NC(COC1OC(CO)C(OC2OC(CO)C(O)C(O)C2O)C(O)C1O)C(O)CCCCCCCCCC. The van der Waals surface area contributed by atoms with Gasteiger partial charge >= 0.3 is 0 Å². The van der Waals surface area contributed by atoms with Crippen molar-refractivity contribution in [2.75, 3.05) is 19.8 Å². The molecule has 51 heavy (non-hydrogen) atoms. The Morgan fingerprint density at radius 1 is 0.627 bits per heavy atom. The lowest BCUT2D eigenvalue weighted by Gasteiger charge is -2.46. The number of hydrogen-bond acceptors (Lipinski definition) is 13. The fourth-order valence-electron chi connectivity index (χ4n) is 6.70. The Kier molecular flexibility index (Phi) is 24.2. The summed E-state index contributed by atoms with van der Waals surface area (Å²) in [5.74, 6) is -0.215. The van der Waals surface area contributed by atoms with Crippen molar-refractivity contribution in [3.63, 3.8) is 0 Å². The molecule has 2 aliphatic heterocycles. The Morgan fingerprint density at radius 2 is 1.12 bits per heavy atom. The maximum absolute atomic E-state index is 12.9. The first-order chi connectivity index (χ1) is 24.6. The summed E-state index contributed by atoms with van der Waals surface area (Å²) in [6, 6.07) is -0.816. The van der Waals surface area contributed by atoms with Gasteiger partial charge in [-0.2, -0.15) is 0 Å². The van der Waals surface area contributed by atoms with Gasteiger partial charge in [0.1, 0.15) is 48.8 Å². The summed E-state index contributed by atoms with van der Waals surface area (Å²) in [4.78, 5) is 12.9. The largest absolute Gasteiger partial charge is 0.394 e. The topological polar surface area (TPSA) is 228 Å². The van der Waals surface area contributed by atoms with E-state index in [4.69, 9.17) is 18.9 Å². The normalized spacial score (nSPS) is 31.0. The van der Waals surface area contributed by atoms with Gasteiger partial charge in [-0.1, -0.05) is 117 Å². The molecule has 2 fully saturated rings. The van der Waals surface area contributed by atoms with Crippen LogP contribution in [0.4, 0.5) is 0 Å².